The first kappa shape index (κ1) is 10.4. The molecule has 2 fully saturated rings. The van der Waals surface area contributed by atoms with Crippen molar-refractivity contribution < 1.29 is 0 Å². The lowest BCUT2D eigenvalue weighted by molar-refractivity contribution is 0.108. The van der Waals surface area contributed by atoms with E-state index in [0.717, 1.165) is 6.04 Å². The van der Waals surface area contributed by atoms with Crippen molar-refractivity contribution in [3.8, 4) is 0 Å². The maximum Gasteiger partial charge on any atom is 0.0125 e. The zero-order chi connectivity index (χ0) is 9.80. The molecule has 0 spiro atoms. The van der Waals surface area contributed by atoms with Crippen molar-refractivity contribution in [3.63, 3.8) is 0 Å². The molecule has 0 atom stereocenters. The standard InChI is InChI=1S/C12H24N2/c13-11-9-12(10-11)14-7-5-3-1-2-4-6-8-14/h11-12H,1-10,13H2. The van der Waals surface area contributed by atoms with E-state index in [4.69, 9.17) is 5.73 Å². The van der Waals surface area contributed by atoms with Gasteiger partial charge in [0, 0.05) is 12.1 Å². The predicted molar refractivity (Wildman–Crippen MR) is 60.3 cm³/mol. The van der Waals surface area contributed by atoms with Crippen LogP contribution in [-0.2, 0) is 0 Å². The Morgan fingerprint density at radius 2 is 1.29 bits per heavy atom. The van der Waals surface area contributed by atoms with Crippen molar-refractivity contribution >= 4 is 0 Å². The minimum absolute atomic E-state index is 0.507. The van der Waals surface area contributed by atoms with Crippen molar-refractivity contribution in [2.75, 3.05) is 13.1 Å². The summed E-state index contributed by atoms with van der Waals surface area (Å²) in [7, 11) is 0. The summed E-state index contributed by atoms with van der Waals surface area (Å²) in [6.45, 7) is 2.66. The molecule has 2 N–H and O–H groups in total. The molecular weight excluding hydrogens is 172 g/mol. The molecule has 1 heterocycles. The Kier molecular flexibility index (Phi) is 3.82. The largest absolute Gasteiger partial charge is 0.328 e. The first-order chi connectivity index (χ1) is 6.86. The molecule has 0 radical (unpaired) electrons. The van der Waals surface area contributed by atoms with E-state index in [1.54, 1.807) is 0 Å². The van der Waals surface area contributed by atoms with Gasteiger partial charge in [0.1, 0.15) is 0 Å². The second-order valence-electron chi connectivity index (χ2n) is 5.04. The second-order valence-corrected chi connectivity index (χ2v) is 5.04. The van der Waals surface area contributed by atoms with Gasteiger partial charge in [-0.05, 0) is 38.8 Å². The van der Waals surface area contributed by atoms with Crippen molar-refractivity contribution in [1.82, 2.24) is 4.90 Å². The molecule has 1 saturated heterocycles. The Morgan fingerprint density at radius 1 is 0.786 bits per heavy atom. The van der Waals surface area contributed by atoms with Gasteiger partial charge in [-0.25, -0.2) is 0 Å². The van der Waals surface area contributed by atoms with E-state index in [-0.39, 0.29) is 0 Å². The molecule has 0 aromatic carbocycles. The number of nitrogens with two attached hydrogens (primary N) is 1. The summed E-state index contributed by atoms with van der Waals surface area (Å²) in [6, 6.07) is 1.34. The summed E-state index contributed by atoms with van der Waals surface area (Å²) in [6.07, 6.45) is 11.1. The van der Waals surface area contributed by atoms with Gasteiger partial charge in [-0.1, -0.05) is 25.7 Å². The van der Waals surface area contributed by atoms with E-state index < -0.39 is 0 Å². The second kappa shape index (κ2) is 5.13. The summed E-state index contributed by atoms with van der Waals surface area (Å²) in [5, 5.41) is 0. The van der Waals surface area contributed by atoms with Crippen LogP contribution in [0.4, 0.5) is 0 Å². The molecule has 1 aliphatic carbocycles. The highest BCUT2D eigenvalue weighted by Crippen LogP contribution is 2.25. The van der Waals surface area contributed by atoms with Gasteiger partial charge >= 0.3 is 0 Å². The van der Waals surface area contributed by atoms with Crippen LogP contribution < -0.4 is 5.73 Å². The first-order valence-electron chi connectivity index (χ1n) is 6.36. The van der Waals surface area contributed by atoms with Crippen molar-refractivity contribution in [2.24, 2.45) is 5.73 Å². The van der Waals surface area contributed by atoms with Gasteiger partial charge in [-0.2, -0.15) is 0 Å². The highest BCUT2D eigenvalue weighted by molar-refractivity contribution is 4.89. The fourth-order valence-corrected chi connectivity index (χ4v) is 2.74. The van der Waals surface area contributed by atoms with Crippen LogP contribution in [0.15, 0.2) is 0 Å². The van der Waals surface area contributed by atoms with Crippen LogP contribution in [0.3, 0.4) is 0 Å². The zero-order valence-corrected chi connectivity index (χ0v) is 9.25. The van der Waals surface area contributed by atoms with Crippen LogP contribution in [0.1, 0.15) is 51.4 Å². The molecule has 0 amide bonds. The summed E-state index contributed by atoms with van der Waals surface area (Å²) in [5.74, 6) is 0. The Balaban J connectivity index is 1.76. The number of hydrogen-bond donors (Lipinski definition) is 1. The first-order valence-corrected chi connectivity index (χ1v) is 6.36. The van der Waals surface area contributed by atoms with Gasteiger partial charge in [0.2, 0.25) is 0 Å². The molecular formula is C12H24N2. The third kappa shape index (κ3) is 2.71. The predicted octanol–water partition coefficient (Wildman–Crippen LogP) is 2.13. The zero-order valence-electron chi connectivity index (χ0n) is 9.25. The molecule has 2 aliphatic rings. The highest BCUT2D eigenvalue weighted by Gasteiger charge is 2.30. The lowest BCUT2D eigenvalue weighted by Gasteiger charge is -2.41. The van der Waals surface area contributed by atoms with Gasteiger partial charge in [-0.3, -0.25) is 0 Å². The van der Waals surface area contributed by atoms with Crippen LogP contribution >= 0.6 is 0 Å². The lowest BCUT2D eigenvalue weighted by Crippen LogP contribution is -2.51. The Morgan fingerprint density at radius 3 is 1.79 bits per heavy atom. The summed E-state index contributed by atoms with van der Waals surface area (Å²) < 4.78 is 0. The minimum atomic E-state index is 0.507. The molecule has 2 nitrogen and oxygen atoms in total. The fourth-order valence-electron chi connectivity index (χ4n) is 2.74. The van der Waals surface area contributed by atoms with Gasteiger partial charge in [0.05, 0.1) is 0 Å². The van der Waals surface area contributed by atoms with Crippen LogP contribution in [-0.4, -0.2) is 30.1 Å². The third-order valence-electron chi connectivity index (χ3n) is 3.81. The highest BCUT2D eigenvalue weighted by atomic mass is 15.2. The van der Waals surface area contributed by atoms with Crippen molar-refractivity contribution in [1.29, 1.82) is 0 Å². The topological polar surface area (TPSA) is 29.3 Å². The molecule has 0 aromatic rings. The molecule has 82 valence electrons. The minimum Gasteiger partial charge on any atom is -0.328 e. The summed E-state index contributed by atoms with van der Waals surface area (Å²) in [4.78, 5) is 2.70. The number of nitrogens with zero attached hydrogens (tertiary/aromatic N) is 1. The monoisotopic (exact) mass is 196 g/mol. The number of rotatable bonds is 1. The molecule has 0 unspecified atom stereocenters. The van der Waals surface area contributed by atoms with Gasteiger partial charge in [-0.15, -0.1) is 0 Å². The Labute approximate surface area is 87.8 Å². The van der Waals surface area contributed by atoms with E-state index in [2.05, 4.69) is 4.90 Å². The van der Waals surface area contributed by atoms with E-state index >= 15 is 0 Å². The third-order valence-corrected chi connectivity index (χ3v) is 3.81. The van der Waals surface area contributed by atoms with E-state index in [0.29, 0.717) is 6.04 Å². The maximum absolute atomic E-state index is 5.85. The quantitative estimate of drug-likeness (QED) is 0.696. The lowest BCUT2D eigenvalue weighted by atomic mass is 9.86. The molecule has 0 bridgehead atoms. The van der Waals surface area contributed by atoms with E-state index in [1.807, 2.05) is 0 Å². The summed E-state index contributed by atoms with van der Waals surface area (Å²) in [5.41, 5.74) is 5.85. The van der Waals surface area contributed by atoms with Crippen molar-refractivity contribution in [3.05, 3.63) is 0 Å². The van der Waals surface area contributed by atoms with E-state index in [1.165, 1.54) is 64.5 Å². The van der Waals surface area contributed by atoms with Crippen LogP contribution in [0.5, 0.6) is 0 Å². The average Bonchev–Trinajstić information content (AvgIpc) is 2.25. The van der Waals surface area contributed by atoms with Crippen LogP contribution in [0.2, 0.25) is 0 Å². The molecule has 14 heavy (non-hydrogen) atoms. The Bertz CT molecular complexity index is 154. The Hall–Kier alpha value is -0.0800. The van der Waals surface area contributed by atoms with Gasteiger partial charge < -0.3 is 10.6 Å². The van der Waals surface area contributed by atoms with Gasteiger partial charge in [0.15, 0.2) is 0 Å². The normalized spacial score (nSPS) is 36.6. The fraction of sp³-hybridized carbons (Fsp3) is 1.00. The van der Waals surface area contributed by atoms with Gasteiger partial charge in [0.25, 0.3) is 0 Å². The summed E-state index contributed by atoms with van der Waals surface area (Å²) >= 11 is 0. The molecule has 1 aliphatic heterocycles. The van der Waals surface area contributed by atoms with E-state index in [9.17, 15) is 0 Å². The molecule has 0 aromatic heterocycles. The average molecular weight is 196 g/mol. The smallest absolute Gasteiger partial charge is 0.0125 e. The maximum atomic E-state index is 5.85. The van der Waals surface area contributed by atoms with Crippen LogP contribution in [0.25, 0.3) is 0 Å². The molecule has 2 heteroatoms. The van der Waals surface area contributed by atoms with Crippen molar-refractivity contribution in [2.45, 2.75) is 63.5 Å². The molecule has 1 saturated carbocycles. The molecule has 2 rings (SSSR count). The SMILES string of the molecule is NC1CC(N2CCCCCCCC2)C1. The van der Waals surface area contributed by atoms with Crippen LogP contribution in [0, 0.1) is 0 Å². The number of hydrogen-bond acceptors (Lipinski definition) is 2.